The highest BCUT2D eigenvalue weighted by molar-refractivity contribution is 6.31. The van der Waals surface area contributed by atoms with E-state index in [0.29, 0.717) is 28.8 Å². The summed E-state index contributed by atoms with van der Waals surface area (Å²) >= 11 is 12.0. The van der Waals surface area contributed by atoms with Gasteiger partial charge < -0.3 is 34.2 Å². The van der Waals surface area contributed by atoms with E-state index in [9.17, 15) is 4.79 Å². The number of aldehydes is 2. The first-order valence-corrected chi connectivity index (χ1v) is 24.4. The lowest BCUT2D eigenvalue weighted by atomic mass is 9.89. The number of nitrogens with zero attached hydrogens (tertiary/aromatic N) is 7. The summed E-state index contributed by atoms with van der Waals surface area (Å²) in [5.74, 6) is 2.79. The van der Waals surface area contributed by atoms with Crippen LogP contribution in [0, 0.1) is 10.8 Å². The van der Waals surface area contributed by atoms with Gasteiger partial charge in [0.15, 0.2) is 0 Å². The molecular formula is C56H68Cl2N10O4. The van der Waals surface area contributed by atoms with Crippen LogP contribution in [0.2, 0.25) is 10.0 Å². The number of halogens is 2. The van der Waals surface area contributed by atoms with Crippen molar-refractivity contribution >= 4 is 83.7 Å². The summed E-state index contributed by atoms with van der Waals surface area (Å²) in [6.07, 6.45) is 4.70. The number of methoxy groups -OCH3 is 2. The summed E-state index contributed by atoms with van der Waals surface area (Å²) in [7, 11) is 7.49. The molecule has 0 aliphatic carbocycles. The number of carbonyl (C=O) groups is 2. The van der Waals surface area contributed by atoms with Crippen LogP contribution in [-0.4, -0.2) is 121 Å². The Kier molecular flexibility index (Phi) is 24.2. The molecule has 8 rings (SSSR count). The highest BCUT2D eigenvalue weighted by Crippen LogP contribution is 2.34. The molecule has 0 bridgehead atoms. The smallest absolute Gasteiger partial charge is 0.128 e. The van der Waals surface area contributed by atoms with Crippen LogP contribution < -0.4 is 24.6 Å². The van der Waals surface area contributed by atoms with Crippen molar-refractivity contribution in [3.05, 3.63) is 153 Å². The van der Waals surface area contributed by atoms with Gasteiger partial charge in [0.1, 0.15) is 35.7 Å². The monoisotopic (exact) mass is 1010 g/mol. The quantitative estimate of drug-likeness (QED) is 0.0508. The van der Waals surface area contributed by atoms with Crippen LogP contribution in [0.1, 0.15) is 79.3 Å². The second-order valence-electron chi connectivity index (χ2n) is 16.8. The fourth-order valence-corrected chi connectivity index (χ4v) is 8.60. The number of anilines is 2. The van der Waals surface area contributed by atoms with Crippen molar-refractivity contribution in [1.29, 1.82) is 10.8 Å². The summed E-state index contributed by atoms with van der Waals surface area (Å²) < 4.78 is 10.8. The van der Waals surface area contributed by atoms with Crippen LogP contribution in [0.4, 0.5) is 11.4 Å². The number of benzodiazepines with no additional fused rings is 2. The highest BCUT2D eigenvalue weighted by atomic mass is 35.5. The molecule has 72 heavy (non-hydrogen) atoms. The summed E-state index contributed by atoms with van der Waals surface area (Å²) in [4.78, 5) is 35.7. The molecule has 1 atom stereocenters. The summed E-state index contributed by atoms with van der Waals surface area (Å²) in [5.41, 5.74) is 10.1. The number of benzene rings is 5. The third-order valence-corrected chi connectivity index (χ3v) is 12.3. The molecular weight excluding hydrogens is 948 g/mol. The van der Waals surface area contributed by atoms with Crippen LogP contribution >= 0.6 is 23.2 Å². The van der Waals surface area contributed by atoms with Gasteiger partial charge >= 0.3 is 0 Å². The van der Waals surface area contributed by atoms with E-state index < -0.39 is 0 Å². The second-order valence-corrected chi connectivity index (χ2v) is 17.6. The van der Waals surface area contributed by atoms with Crippen molar-refractivity contribution in [2.24, 2.45) is 20.2 Å². The van der Waals surface area contributed by atoms with Gasteiger partial charge in [0.2, 0.25) is 0 Å². The maximum atomic E-state index is 11.1. The van der Waals surface area contributed by atoms with Crippen LogP contribution in [0.15, 0.2) is 129 Å². The molecule has 3 aliphatic heterocycles. The summed E-state index contributed by atoms with van der Waals surface area (Å²) in [6.45, 7) is 16.4. The van der Waals surface area contributed by atoms with Gasteiger partial charge in [-0.25, -0.2) is 0 Å². The molecule has 0 spiro atoms. The number of piperidine rings is 1. The zero-order valence-electron chi connectivity index (χ0n) is 42.5. The Bertz CT molecular complexity index is 2640. The maximum absolute atomic E-state index is 11.1. The second kappa shape index (κ2) is 30.1. The molecule has 5 aromatic rings. The van der Waals surface area contributed by atoms with E-state index in [0.717, 1.165) is 82.4 Å². The van der Waals surface area contributed by atoms with Crippen LogP contribution in [0.5, 0.6) is 11.5 Å². The van der Waals surface area contributed by atoms with Gasteiger partial charge in [-0.1, -0.05) is 71.7 Å². The van der Waals surface area contributed by atoms with Crippen LogP contribution in [-0.2, 0) is 16.1 Å². The summed E-state index contributed by atoms with van der Waals surface area (Å²) in [5, 5.41) is 26.8. The first-order valence-electron chi connectivity index (χ1n) is 23.6. The molecule has 3 heterocycles. The Morgan fingerprint density at radius 2 is 1.38 bits per heavy atom. The van der Waals surface area contributed by atoms with E-state index in [2.05, 4.69) is 88.1 Å². The van der Waals surface area contributed by atoms with Gasteiger partial charge in [-0.2, -0.15) is 10.2 Å². The van der Waals surface area contributed by atoms with E-state index >= 15 is 0 Å². The molecule has 14 nitrogen and oxygen atoms in total. The van der Waals surface area contributed by atoms with Crippen molar-refractivity contribution in [2.45, 2.75) is 58.5 Å². The van der Waals surface area contributed by atoms with Gasteiger partial charge in [0, 0.05) is 77.5 Å². The van der Waals surface area contributed by atoms with Gasteiger partial charge in [-0.15, -0.1) is 0 Å². The molecule has 1 saturated heterocycles. The lowest BCUT2D eigenvalue weighted by molar-refractivity contribution is -0.108. The van der Waals surface area contributed by atoms with Gasteiger partial charge in [0.25, 0.3) is 0 Å². The van der Waals surface area contributed by atoms with Crippen LogP contribution in [0.3, 0.4) is 0 Å². The first kappa shape index (κ1) is 57.7. The number of likely N-dealkylation sites (N-methyl/N-ethyl adjacent to an activating group) is 1. The van der Waals surface area contributed by atoms with E-state index in [-0.39, 0.29) is 24.3 Å². The number of amidine groups is 2. The molecule has 5 aromatic carbocycles. The van der Waals surface area contributed by atoms with Gasteiger partial charge in [0.05, 0.1) is 43.9 Å². The number of hydrogen-bond donors (Lipinski definition) is 3. The fraction of sp³-hybridized carbons (Fsp3) is 0.321. The largest absolute Gasteiger partial charge is 0.497 e. The number of nitrogens with one attached hydrogen (secondary N) is 3. The van der Waals surface area contributed by atoms with Crippen LogP contribution in [0.25, 0.3) is 0 Å². The Balaban J connectivity index is 0.000000224. The summed E-state index contributed by atoms with van der Waals surface area (Å²) in [6, 6.07) is 35.6. The van der Waals surface area contributed by atoms with E-state index in [1.54, 1.807) is 26.0 Å². The molecule has 0 aromatic heterocycles. The number of rotatable bonds is 11. The van der Waals surface area contributed by atoms with E-state index in [1.165, 1.54) is 44.0 Å². The number of carbonyl (C=O) groups excluding carboxylic acids is 2. The molecule has 0 amide bonds. The Hall–Kier alpha value is -6.84. The molecule has 16 heteroatoms. The molecule has 0 radical (unpaired) electrons. The molecule has 1 fully saturated rings. The predicted octanol–water partition coefficient (Wildman–Crippen LogP) is 10.7. The normalized spacial score (nSPS) is 15.1. The van der Waals surface area contributed by atoms with Crippen molar-refractivity contribution in [3.63, 3.8) is 0 Å². The minimum atomic E-state index is -0.0819. The highest BCUT2D eigenvalue weighted by Gasteiger charge is 2.27. The molecule has 3 N–H and O–H groups in total. The number of ether oxygens (including phenoxy) is 2. The van der Waals surface area contributed by atoms with E-state index in [1.807, 2.05) is 85.9 Å². The Morgan fingerprint density at radius 3 is 1.88 bits per heavy atom. The average Bonchev–Trinajstić information content (AvgIpc) is 3.64. The number of aliphatic imine (C=N–C) groups is 2. The average molecular weight is 1020 g/mol. The number of fused-ring (bicyclic) bond motifs is 2. The zero-order valence-corrected chi connectivity index (χ0v) is 44.0. The topological polar surface area (TPSA) is 171 Å². The van der Waals surface area contributed by atoms with Crippen molar-refractivity contribution in [3.8, 4) is 11.5 Å². The first-order chi connectivity index (χ1) is 34.8. The minimum absolute atomic E-state index is 0.0819. The third-order valence-electron chi connectivity index (χ3n) is 11.8. The number of hydrogen-bond acceptors (Lipinski definition) is 13. The van der Waals surface area contributed by atoms with Gasteiger partial charge in [-0.3, -0.25) is 25.7 Å². The number of likely N-dealkylation sites (tertiary alicyclic amines) is 1. The molecule has 3 aliphatic rings. The van der Waals surface area contributed by atoms with Crippen molar-refractivity contribution < 1.29 is 19.1 Å². The fourth-order valence-electron chi connectivity index (χ4n) is 8.35. The lowest BCUT2D eigenvalue weighted by Crippen LogP contribution is -2.35. The zero-order chi connectivity index (χ0) is 52.6. The molecule has 380 valence electrons. The third kappa shape index (κ3) is 16.6. The van der Waals surface area contributed by atoms with Crippen molar-refractivity contribution in [2.75, 3.05) is 70.8 Å². The minimum Gasteiger partial charge on any atom is -0.497 e. The SMILES string of the molecule is C=NN=C.CC=O.CCN1CC(CC=O)N=C(c2ccc(Cl)cc2)c2cc(OC)ccc21.CNCc1cccc(C2CCN(C)CC2)c1.COc1ccc2c(c1)C(c1ccc(Cl)cc1)=NCC(=N)N2C(C)=N. The standard InChI is InChI=1S/C20H21ClN2O2.C18H17ClN4O.C14H22N2.C2H4N2.C2H4O/c1-3-23-13-16(10-11-24)22-20(14-4-6-15(21)7-5-14)18-12-17(25-2)8-9-19(18)23;1-11(20)23-16-8-7-14(24-2)9-15(16)18(22-10-17(23)21)12-3-5-13(19)6-4-12;1-15-11-12-4-3-5-14(10-12)13-6-8-16(2)9-7-13;1-3-4-2;1-2-3/h4-9,11-12,16H,3,10,13H2,1-2H3;3-9,20-21H,10H2,1-2H3;3-5,10,13,15H,6-9,11H2,1-2H3;1-2H2;2H,1H3. The molecule has 0 saturated carbocycles. The lowest BCUT2D eigenvalue weighted by Gasteiger charge is -2.29. The maximum Gasteiger partial charge on any atom is 0.128 e. The Labute approximate surface area is 435 Å². The van der Waals surface area contributed by atoms with E-state index in [4.69, 9.17) is 53.3 Å². The van der Waals surface area contributed by atoms with Crippen molar-refractivity contribution in [1.82, 2.24) is 10.2 Å². The molecule has 1 unspecified atom stereocenters. The van der Waals surface area contributed by atoms with Gasteiger partial charge in [-0.05, 0) is 139 Å². The Morgan fingerprint density at radius 1 is 0.833 bits per heavy atom. The predicted molar refractivity (Wildman–Crippen MR) is 301 cm³/mol.